The first-order valence-corrected chi connectivity index (χ1v) is 8.60. The van der Waals surface area contributed by atoms with Gasteiger partial charge in [0, 0.05) is 12.3 Å². The summed E-state index contributed by atoms with van der Waals surface area (Å²) < 4.78 is 5.10. The Morgan fingerprint density at radius 2 is 1.72 bits per heavy atom. The molecule has 0 bridgehead atoms. The Labute approximate surface area is 148 Å². The Kier molecular flexibility index (Phi) is 5.99. The molecule has 0 spiro atoms. The molecule has 0 amide bonds. The van der Waals surface area contributed by atoms with Crippen molar-refractivity contribution in [2.24, 2.45) is 0 Å². The number of nitrogens with one attached hydrogen (secondary N) is 1. The molecule has 0 saturated carbocycles. The van der Waals surface area contributed by atoms with E-state index in [4.69, 9.17) is 9.57 Å². The van der Waals surface area contributed by atoms with Gasteiger partial charge in [0.25, 0.3) is 0 Å². The fraction of sp³-hybridized carbons (Fsp3) is 0.286. The molecule has 0 saturated heterocycles. The normalized spacial score (nSPS) is 12.5. The molecule has 25 heavy (non-hydrogen) atoms. The Balaban J connectivity index is 1.48. The van der Waals surface area contributed by atoms with E-state index in [9.17, 15) is 4.79 Å². The van der Waals surface area contributed by atoms with Gasteiger partial charge in [-0.2, -0.15) is 5.48 Å². The fourth-order valence-corrected chi connectivity index (χ4v) is 3.15. The highest BCUT2D eigenvalue weighted by Gasteiger charge is 2.27. The zero-order valence-electron chi connectivity index (χ0n) is 14.2. The minimum Gasteiger partial charge on any atom is -0.464 e. The summed E-state index contributed by atoms with van der Waals surface area (Å²) >= 11 is 0. The Morgan fingerprint density at radius 1 is 1.08 bits per heavy atom. The first-order chi connectivity index (χ1) is 12.3. The first kappa shape index (κ1) is 17.4. The maximum atomic E-state index is 11.4. The molecule has 3 rings (SSSR count). The molecule has 0 aliphatic heterocycles. The third kappa shape index (κ3) is 4.16. The van der Waals surface area contributed by atoms with Gasteiger partial charge in [-0.15, -0.1) is 6.58 Å². The van der Waals surface area contributed by atoms with Gasteiger partial charge in [0.05, 0.1) is 13.2 Å². The summed E-state index contributed by atoms with van der Waals surface area (Å²) in [6, 6.07) is 16.9. The lowest BCUT2D eigenvalue weighted by molar-refractivity contribution is -0.144. The first-order valence-electron chi connectivity index (χ1n) is 8.60. The SMILES string of the molecule is C=CCCC(=O)OCCNOCC1c2ccccc2-c2ccccc21. The van der Waals surface area contributed by atoms with Crippen LogP contribution in [0, 0.1) is 0 Å². The van der Waals surface area contributed by atoms with Gasteiger partial charge in [-0.1, -0.05) is 54.6 Å². The van der Waals surface area contributed by atoms with Crippen LogP contribution in [0.1, 0.15) is 29.9 Å². The highest BCUT2D eigenvalue weighted by atomic mass is 16.6. The largest absolute Gasteiger partial charge is 0.464 e. The fourth-order valence-electron chi connectivity index (χ4n) is 3.15. The van der Waals surface area contributed by atoms with Crippen LogP contribution in [0.3, 0.4) is 0 Å². The molecule has 0 unspecified atom stereocenters. The molecule has 4 heteroatoms. The molecule has 2 aromatic carbocycles. The van der Waals surface area contributed by atoms with Gasteiger partial charge >= 0.3 is 5.97 Å². The van der Waals surface area contributed by atoms with Crippen LogP contribution < -0.4 is 5.48 Å². The number of ether oxygens (including phenoxy) is 1. The summed E-state index contributed by atoms with van der Waals surface area (Å²) in [7, 11) is 0. The van der Waals surface area contributed by atoms with Crippen LogP contribution >= 0.6 is 0 Å². The number of fused-ring (bicyclic) bond motifs is 3. The highest BCUT2D eigenvalue weighted by molar-refractivity contribution is 5.78. The van der Waals surface area contributed by atoms with Crippen molar-refractivity contribution in [2.45, 2.75) is 18.8 Å². The van der Waals surface area contributed by atoms with Gasteiger partial charge < -0.3 is 9.57 Å². The van der Waals surface area contributed by atoms with Crippen molar-refractivity contribution in [3.8, 4) is 11.1 Å². The van der Waals surface area contributed by atoms with Crippen LogP contribution in [0.15, 0.2) is 61.2 Å². The van der Waals surface area contributed by atoms with Gasteiger partial charge in [-0.05, 0) is 28.7 Å². The molecule has 2 aromatic rings. The third-order valence-electron chi connectivity index (χ3n) is 4.33. The van der Waals surface area contributed by atoms with Crippen molar-refractivity contribution >= 4 is 5.97 Å². The van der Waals surface area contributed by atoms with E-state index in [2.05, 4.69) is 60.6 Å². The van der Waals surface area contributed by atoms with E-state index in [1.165, 1.54) is 22.3 Å². The van der Waals surface area contributed by atoms with Crippen LogP contribution in [0.4, 0.5) is 0 Å². The van der Waals surface area contributed by atoms with Crippen molar-refractivity contribution in [1.29, 1.82) is 0 Å². The maximum Gasteiger partial charge on any atom is 0.306 e. The second-order valence-electron chi connectivity index (χ2n) is 5.98. The number of carbonyl (C=O) groups is 1. The summed E-state index contributed by atoms with van der Waals surface area (Å²) in [6.45, 7) is 4.89. The van der Waals surface area contributed by atoms with Crippen LogP contribution in [0.5, 0.6) is 0 Å². The molecule has 0 radical (unpaired) electrons. The summed E-state index contributed by atoms with van der Waals surface area (Å²) in [5, 5.41) is 0. The predicted octanol–water partition coefficient (Wildman–Crippen LogP) is 3.83. The number of rotatable bonds is 9. The van der Waals surface area contributed by atoms with Gasteiger partial charge in [0.15, 0.2) is 0 Å². The van der Waals surface area contributed by atoms with E-state index in [1.54, 1.807) is 6.08 Å². The molecule has 1 N–H and O–H groups in total. The maximum absolute atomic E-state index is 11.4. The quantitative estimate of drug-likeness (QED) is 0.327. The zero-order chi connectivity index (χ0) is 17.5. The third-order valence-corrected chi connectivity index (χ3v) is 4.33. The van der Waals surface area contributed by atoms with E-state index in [0.29, 0.717) is 32.6 Å². The highest BCUT2D eigenvalue weighted by Crippen LogP contribution is 2.44. The van der Waals surface area contributed by atoms with Crippen molar-refractivity contribution in [3.05, 3.63) is 72.3 Å². The minimum atomic E-state index is -0.208. The smallest absolute Gasteiger partial charge is 0.306 e. The van der Waals surface area contributed by atoms with Crippen molar-refractivity contribution in [1.82, 2.24) is 5.48 Å². The van der Waals surface area contributed by atoms with Gasteiger partial charge in [0.1, 0.15) is 6.61 Å². The van der Waals surface area contributed by atoms with Gasteiger partial charge in [-0.3, -0.25) is 4.79 Å². The Morgan fingerprint density at radius 3 is 2.36 bits per heavy atom. The van der Waals surface area contributed by atoms with Crippen LogP contribution in [0.25, 0.3) is 11.1 Å². The van der Waals surface area contributed by atoms with E-state index >= 15 is 0 Å². The standard InChI is InChI=1S/C21H23NO3/c1-2-3-12-21(23)24-14-13-22-25-15-20-18-10-6-4-8-16(18)17-9-5-7-11-19(17)20/h2,4-11,20,22H,1,3,12-15H2. The predicted molar refractivity (Wildman–Crippen MR) is 98.1 cm³/mol. The number of hydroxylamine groups is 1. The van der Waals surface area contributed by atoms with Crippen molar-refractivity contribution in [3.63, 3.8) is 0 Å². The lowest BCUT2D eigenvalue weighted by atomic mass is 9.98. The molecular weight excluding hydrogens is 314 g/mol. The van der Waals surface area contributed by atoms with Crippen molar-refractivity contribution in [2.75, 3.05) is 19.8 Å². The van der Waals surface area contributed by atoms with Crippen LogP contribution in [0.2, 0.25) is 0 Å². The van der Waals surface area contributed by atoms with E-state index in [1.807, 2.05) is 0 Å². The van der Waals surface area contributed by atoms with Crippen LogP contribution in [-0.2, 0) is 14.4 Å². The number of benzene rings is 2. The number of hydrogen-bond acceptors (Lipinski definition) is 4. The van der Waals surface area contributed by atoms with E-state index in [-0.39, 0.29) is 11.9 Å². The lowest BCUT2D eigenvalue weighted by Crippen LogP contribution is -2.24. The molecule has 1 aliphatic rings. The minimum absolute atomic E-state index is 0.208. The van der Waals surface area contributed by atoms with Gasteiger partial charge in [0.2, 0.25) is 0 Å². The molecule has 130 valence electrons. The van der Waals surface area contributed by atoms with Crippen molar-refractivity contribution < 1.29 is 14.4 Å². The Hall–Kier alpha value is -2.43. The summed E-state index contributed by atoms with van der Waals surface area (Å²) in [5.41, 5.74) is 8.03. The van der Waals surface area contributed by atoms with E-state index < -0.39 is 0 Å². The average molecular weight is 337 g/mol. The molecule has 4 nitrogen and oxygen atoms in total. The summed E-state index contributed by atoms with van der Waals surface area (Å²) in [5.74, 6) is 0.00962. The monoisotopic (exact) mass is 337 g/mol. The van der Waals surface area contributed by atoms with Gasteiger partial charge in [-0.25, -0.2) is 0 Å². The number of hydrogen-bond donors (Lipinski definition) is 1. The number of carbonyl (C=O) groups excluding carboxylic acids is 1. The molecule has 0 aromatic heterocycles. The zero-order valence-corrected chi connectivity index (χ0v) is 14.2. The Bertz CT molecular complexity index is 696. The molecule has 0 heterocycles. The second kappa shape index (κ2) is 8.60. The number of esters is 1. The summed E-state index contributed by atoms with van der Waals surface area (Å²) in [6.07, 6.45) is 2.73. The average Bonchev–Trinajstić information content (AvgIpc) is 2.97. The second-order valence-corrected chi connectivity index (χ2v) is 5.98. The number of allylic oxidation sites excluding steroid dienone is 1. The molecule has 0 fully saturated rings. The van der Waals surface area contributed by atoms with E-state index in [0.717, 1.165) is 0 Å². The molecule has 1 aliphatic carbocycles. The topological polar surface area (TPSA) is 47.6 Å². The lowest BCUT2D eigenvalue weighted by Gasteiger charge is -2.14. The van der Waals surface area contributed by atoms with Crippen LogP contribution in [-0.4, -0.2) is 25.7 Å². The molecule has 0 atom stereocenters. The summed E-state index contributed by atoms with van der Waals surface area (Å²) in [4.78, 5) is 17.0. The molecular formula is C21H23NO3.